The summed E-state index contributed by atoms with van der Waals surface area (Å²) in [5, 5.41) is 3.42. The molecule has 0 heterocycles. The molecule has 8 nitrogen and oxygen atoms in total. The summed E-state index contributed by atoms with van der Waals surface area (Å²) in [4.78, 5) is 27.4. The molecule has 2 rings (SSSR count). The van der Waals surface area contributed by atoms with Crippen molar-refractivity contribution in [3.63, 3.8) is 0 Å². The van der Waals surface area contributed by atoms with Gasteiger partial charge in [-0.05, 0) is 68.7 Å². The maximum Gasteiger partial charge on any atom is 0.242 e. The second-order valence-corrected chi connectivity index (χ2v) is 10.8. The van der Waals surface area contributed by atoms with Gasteiger partial charge in [0.15, 0.2) is 0 Å². The molecule has 0 aromatic heterocycles. The lowest BCUT2D eigenvalue weighted by atomic mass is 10.1. The highest BCUT2D eigenvalue weighted by atomic mass is 35.5. The molecule has 2 aromatic carbocycles. The third kappa shape index (κ3) is 9.02. The normalized spacial score (nSPS) is 12.0. The molecule has 2 aromatic rings. The molecule has 0 saturated carbocycles. The Hall–Kier alpha value is -2.78. The summed E-state index contributed by atoms with van der Waals surface area (Å²) in [5.74, 6) is 0.189. The first-order valence-corrected chi connectivity index (χ1v) is 14.3. The lowest BCUT2D eigenvalue weighted by Gasteiger charge is -2.29. The maximum atomic E-state index is 13.3. The van der Waals surface area contributed by atoms with Crippen LogP contribution in [0, 0.1) is 0 Å². The Bertz CT molecular complexity index is 1090. The van der Waals surface area contributed by atoms with Gasteiger partial charge in [0.05, 0.1) is 18.6 Å². The fourth-order valence-corrected chi connectivity index (χ4v) is 4.74. The number of hydrogen-bond donors (Lipinski definition) is 1. The Morgan fingerprint density at radius 2 is 1.69 bits per heavy atom. The monoisotopic (exact) mass is 537 g/mol. The average molecular weight is 538 g/mol. The van der Waals surface area contributed by atoms with Crippen molar-refractivity contribution >= 4 is 39.1 Å². The van der Waals surface area contributed by atoms with Crippen molar-refractivity contribution in [1.29, 1.82) is 0 Å². The van der Waals surface area contributed by atoms with Crippen LogP contribution in [0.2, 0.25) is 5.02 Å². The van der Waals surface area contributed by atoms with E-state index in [9.17, 15) is 18.0 Å². The minimum Gasteiger partial charge on any atom is -0.494 e. The van der Waals surface area contributed by atoms with Gasteiger partial charge >= 0.3 is 0 Å². The molecular formula is C26H36ClN3O5S. The number of nitrogens with one attached hydrogen (secondary N) is 1. The number of nitrogens with zero attached hydrogens (tertiary/aromatic N) is 2. The van der Waals surface area contributed by atoms with Gasteiger partial charge in [0.25, 0.3) is 0 Å². The van der Waals surface area contributed by atoms with Gasteiger partial charge in [0, 0.05) is 31.1 Å². The highest BCUT2D eigenvalue weighted by Gasteiger charge is 2.26. The molecule has 2 amide bonds. The zero-order chi connectivity index (χ0) is 26.7. The Morgan fingerprint density at radius 3 is 2.25 bits per heavy atom. The lowest BCUT2D eigenvalue weighted by Crippen LogP contribution is -2.47. The number of halogens is 1. The molecule has 1 N–H and O–H groups in total. The van der Waals surface area contributed by atoms with Crippen LogP contribution in [0.4, 0.5) is 5.69 Å². The van der Waals surface area contributed by atoms with E-state index in [1.165, 1.54) is 9.21 Å². The van der Waals surface area contributed by atoms with Crippen molar-refractivity contribution < 1.29 is 22.7 Å². The molecule has 0 aliphatic rings. The van der Waals surface area contributed by atoms with Crippen LogP contribution in [0.25, 0.3) is 0 Å². The standard InChI is InChI=1S/C26H36ClN3O5S/c1-5-17-28-26(32)20(3)29(19-21-9-11-22(27)12-10-21)25(31)8-7-18-30(36(4,33)34)23-13-15-24(16-14-23)35-6-2/h9-16,20H,5-8,17-19H2,1-4H3,(H,28,32)/t20-/m1/s1. The molecule has 0 fully saturated rings. The zero-order valence-electron chi connectivity index (χ0n) is 21.4. The minimum absolute atomic E-state index is 0.0854. The fourth-order valence-electron chi connectivity index (χ4n) is 3.64. The van der Waals surface area contributed by atoms with E-state index in [0.29, 0.717) is 36.0 Å². The number of sulfonamides is 1. The van der Waals surface area contributed by atoms with E-state index in [4.69, 9.17) is 16.3 Å². The van der Waals surface area contributed by atoms with Crippen LogP contribution in [0.5, 0.6) is 5.75 Å². The quantitative estimate of drug-likeness (QED) is 0.389. The first kappa shape index (κ1) is 29.5. The van der Waals surface area contributed by atoms with Gasteiger partial charge in [-0.2, -0.15) is 0 Å². The first-order valence-electron chi connectivity index (χ1n) is 12.1. The summed E-state index contributed by atoms with van der Waals surface area (Å²) in [6.07, 6.45) is 2.30. The molecule has 0 saturated heterocycles. The molecule has 0 spiro atoms. The number of hydrogen-bond acceptors (Lipinski definition) is 5. The highest BCUT2D eigenvalue weighted by Crippen LogP contribution is 2.23. The SMILES string of the molecule is CCCNC(=O)[C@@H](C)N(Cc1ccc(Cl)cc1)C(=O)CCCN(c1ccc(OCC)cc1)S(C)(=O)=O. The summed E-state index contributed by atoms with van der Waals surface area (Å²) in [6, 6.07) is 13.2. The van der Waals surface area contributed by atoms with Crippen molar-refractivity contribution in [3.05, 3.63) is 59.1 Å². The molecule has 0 bridgehead atoms. The number of carbonyl (C=O) groups excluding carboxylic acids is 2. The van der Waals surface area contributed by atoms with Crippen LogP contribution in [0.1, 0.15) is 45.6 Å². The largest absolute Gasteiger partial charge is 0.494 e. The van der Waals surface area contributed by atoms with E-state index in [-0.39, 0.29) is 31.3 Å². The highest BCUT2D eigenvalue weighted by molar-refractivity contribution is 7.92. The predicted octanol–water partition coefficient (Wildman–Crippen LogP) is 4.23. The van der Waals surface area contributed by atoms with Gasteiger partial charge in [-0.1, -0.05) is 30.7 Å². The summed E-state index contributed by atoms with van der Waals surface area (Å²) < 4.78 is 31.6. The maximum absolute atomic E-state index is 13.3. The van der Waals surface area contributed by atoms with Crippen LogP contribution >= 0.6 is 11.6 Å². The van der Waals surface area contributed by atoms with Gasteiger partial charge in [-0.25, -0.2) is 8.42 Å². The van der Waals surface area contributed by atoms with Crippen LogP contribution in [0.15, 0.2) is 48.5 Å². The fraction of sp³-hybridized carbons (Fsp3) is 0.462. The number of anilines is 1. The van der Waals surface area contributed by atoms with Crippen molar-refractivity contribution in [2.45, 2.75) is 52.6 Å². The molecule has 0 radical (unpaired) electrons. The topological polar surface area (TPSA) is 96.0 Å². The summed E-state index contributed by atoms with van der Waals surface area (Å²) in [6.45, 7) is 6.94. The van der Waals surface area contributed by atoms with Crippen LogP contribution in [0.3, 0.4) is 0 Å². The van der Waals surface area contributed by atoms with E-state index in [0.717, 1.165) is 18.2 Å². The van der Waals surface area contributed by atoms with E-state index >= 15 is 0 Å². The molecule has 1 atom stereocenters. The smallest absolute Gasteiger partial charge is 0.242 e. The zero-order valence-corrected chi connectivity index (χ0v) is 22.9. The summed E-state index contributed by atoms with van der Waals surface area (Å²) >= 11 is 5.99. The lowest BCUT2D eigenvalue weighted by molar-refractivity contribution is -0.140. The van der Waals surface area contributed by atoms with Gasteiger partial charge in [-0.15, -0.1) is 0 Å². The number of ether oxygens (including phenoxy) is 1. The Labute approximate surface area is 219 Å². The molecular weight excluding hydrogens is 502 g/mol. The molecule has 0 aliphatic heterocycles. The number of rotatable bonds is 14. The Balaban J connectivity index is 2.13. The van der Waals surface area contributed by atoms with Crippen molar-refractivity contribution in [1.82, 2.24) is 10.2 Å². The van der Waals surface area contributed by atoms with E-state index in [2.05, 4.69) is 5.32 Å². The van der Waals surface area contributed by atoms with Crippen molar-refractivity contribution in [3.8, 4) is 5.75 Å². The Kier molecular flexibility index (Phi) is 11.5. The second-order valence-electron chi connectivity index (χ2n) is 8.48. The predicted molar refractivity (Wildman–Crippen MR) is 144 cm³/mol. The van der Waals surface area contributed by atoms with Gasteiger partial charge in [0.1, 0.15) is 11.8 Å². The van der Waals surface area contributed by atoms with E-state index < -0.39 is 16.1 Å². The Morgan fingerprint density at radius 1 is 1.06 bits per heavy atom. The van der Waals surface area contributed by atoms with Crippen LogP contribution < -0.4 is 14.4 Å². The number of amides is 2. The number of carbonyl (C=O) groups is 2. The third-order valence-electron chi connectivity index (χ3n) is 5.57. The van der Waals surface area contributed by atoms with Crippen LogP contribution in [-0.2, 0) is 26.2 Å². The van der Waals surface area contributed by atoms with Crippen molar-refractivity contribution in [2.24, 2.45) is 0 Å². The molecule has 36 heavy (non-hydrogen) atoms. The van der Waals surface area contributed by atoms with E-state index in [1.54, 1.807) is 43.3 Å². The number of benzene rings is 2. The first-order chi connectivity index (χ1) is 17.1. The molecule has 198 valence electrons. The molecule has 0 unspecified atom stereocenters. The van der Waals surface area contributed by atoms with Gasteiger partial charge in [0.2, 0.25) is 21.8 Å². The van der Waals surface area contributed by atoms with E-state index in [1.807, 2.05) is 26.0 Å². The average Bonchev–Trinajstić information content (AvgIpc) is 2.84. The van der Waals surface area contributed by atoms with Gasteiger partial charge in [-0.3, -0.25) is 13.9 Å². The van der Waals surface area contributed by atoms with Crippen molar-refractivity contribution in [2.75, 3.05) is 30.3 Å². The molecule has 10 heteroatoms. The second kappa shape index (κ2) is 14.1. The van der Waals surface area contributed by atoms with Gasteiger partial charge < -0.3 is 15.0 Å². The minimum atomic E-state index is -3.56. The van der Waals surface area contributed by atoms with Crippen LogP contribution in [-0.4, -0.2) is 57.1 Å². The molecule has 0 aliphatic carbocycles. The third-order valence-corrected chi connectivity index (χ3v) is 7.02. The summed E-state index contributed by atoms with van der Waals surface area (Å²) in [5.41, 5.74) is 1.34. The summed E-state index contributed by atoms with van der Waals surface area (Å²) in [7, 11) is -3.56.